The predicted molar refractivity (Wildman–Crippen MR) is 114 cm³/mol. The monoisotopic (exact) mass is 404 g/mol. The van der Waals surface area contributed by atoms with Crippen molar-refractivity contribution >= 4 is 45.3 Å². The first-order valence-corrected chi connectivity index (χ1v) is 10.3. The molecule has 1 aromatic heterocycles. The molecule has 0 amide bonds. The predicted octanol–water partition coefficient (Wildman–Crippen LogP) is 4.87. The minimum absolute atomic E-state index is 0.318. The molecule has 3 rings (SSSR count). The van der Waals surface area contributed by atoms with Crippen LogP contribution in [-0.2, 0) is 17.6 Å². The number of fused-ring (bicyclic) bond motifs is 1. The number of hydrogen-bond acceptors (Lipinski definition) is 5. The van der Waals surface area contributed by atoms with Crippen molar-refractivity contribution in [2.24, 2.45) is 5.92 Å². The number of methoxy groups -OCH3 is 1. The summed E-state index contributed by atoms with van der Waals surface area (Å²) in [4.78, 5) is 13.6. The number of anilines is 2. The molecule has 7 heteroatoms. The maximum Gasteiger partial charge on any atom is 0.341 e. The van der Waals surface area contributed by atoms with E-state index in [-0.39, 0.29) is 5.97 Å². The molecule has 2 N–H and O–H groups in total. The lowest BCUT2D eigenvalue weighted by molar-refractivity contribution is 0.0601. The van der Waals surface area contributed by atoms with Gasteiger partial charge in [-0.1, -0.05) is 19.1 Å². The quantitative estimate of drug-likeness (QED) is 0.548. The van der Waals surface area contributed by atoms with Crippen LogP contribution in [0.2, 0.25) is 0 Å². The van der Waals surface area contributed by atoms with Crippen LogP contribution in [0.4, 0.5) is 10.7 Å². The molecule has 1 heterocycles. The molecule has 2 aromatic rings. The Morgan fingerprint density at radius 3 is 2.85 bits per heavy atom. The smallest absolute Gasteiger partial charge is 0.341 e. The number of rotatable bonds is 5. The van der Waals surface area contributed by atoms with E-state index in [0.29, 0.717) is 23.2 Å². The summed E-state index contributed by atoms with van der Waals surface area (Å²) in [5.41, 5.74) is 2.50. The largest absolute Gasteiger partial charge is 0.492 e. The van der Waals surface area contributed by atoms with Gasteiger partial charge in [0.2, 0.25) is 0 Å². The number of carbonyl (C=O) groups excluding carboxylic acids is 1. The number of benzene rings is 1. The Hall–Kier alpha value is -2.12. The molecule has 27 heavy (non-hydrogen) atoms. The minimum Gasteiger partial charge on any atom is -0.492 e. The van der Waals surface area contributed by atoms with Crippen LogP contribution in [0.1, 0.15) is 41.1 Å². The van der Waals surface area contributed by atoms with E-state index in [0.717, 1.165) is 41.3 Å². The van der Waals surface area contributed by atoms with Crippen LogP contribution in [0.3, 0.4) is 0 Å². The number of esters is 1. The third-order valence-electron chi connectivity index (χ3n) is 4.56. The molecule has 0 aliphatic heterocycles. The van der Waals surface area contributed by atoms with Gasteiger partial charge in [0.1, 0.15) is 10.8 Å². The van der Waals surface area contributed by atoms with Crippen LogP contribution in [0.25, 0.3) is 0 Å². The molecule has 1 aliphatic carbocycles. The highest BCUT2D eigenvalue weighted by molar-refractivity contribution is 7.80. The number of thiocarbonyl (C=S) groups is 1. The summed E-state index contributed by atoms with van der Waals surface area (Å²) in [6.07, 6.45) is 2.96. The van der Waals surface area contributed by atoms with Gasteiger partial charge in [-0.25, -0.2) is 4.79 Å². The lowest BCUT2D eigenvalue weighted by atomic mass is 9.88. The van der Waals surface area contributed by atoms with E-state index in [2.05, 4.69) is 17.6 Å². The molecule has 5 nitrogen and oxygen atoms in total. The highest BCUT2D eigenvalue weighted by Crippen LogP contribution is 2.40. The van der Waals surface area contributed by atoms with Gasteiger partial charge in [-0.2, -0.15) is 0 Å². The Balaban J connectivity index is 1.83. The number of hydrogen-bond donors (Lipinski definition) is 2. The van der Waals surface area contributed by atoms with E-state index < -0.39 is 0 Å². The van der Waals surface area contributed by atoms with Crippen molar-refractivity contribution in [1.29, 1.82) is 0 Å². The minimum atomic E-state index is -0.318. The maximum absolute atomic E-state index is 12.4. The molecule has 0 radical (unpaired) electrons. The topological polar surface area (TPSA) is 59.6 Å². The first-order valence-electron chi connectivity index (χ1n) is 9.06. The first kappa shape index (κ1) is 19.6. The van der Waals surface area contributed by atoms with Crippen LogP contribution in [-0.4, -0.2) is 24.8 Å². The highest BCUT2D eigenvalue weighted by atomic mass is 32.1. The van der Waals surface area contributed by atoms with Gasteiger partial charge in [0, 0.05) is 4.88 Å². The van der Waals surface area contributed by atoms with Gasteiger partial charge in [0.05, 0.1) is 25.0 Å². The number of carbonyl (C=O) groups is 1. The molecule has 1 atom stereocenters. The standard InChI is InChI=1S/C20H24N2O3S2/c1-4-25-15-8-6-5-7-14(15)21-20(26)22-18-17(19(23)24-3)13-10-9-12(2)11-16(13)27-18/h5-8,12H,4,9-11H2,1-3H3,(H2,21,22,26). The van der Waals surface area contributed by atoms with Gasteiger partial charge < -0.3 is 20.1 Å². The Kier molecular flexibility index (Phi) is 6.34. The fourth-order valence-electron chi connectivity index (χ4n) is 3.26. The summed E-state index contributed by atoms with van der Waals surface area (Å²) < 4.78 is 10.6. The number of para-hydroxylation sites is 2. The third-order valence-corrected chi connectivity index (χ3v) is 5.94. The Morgan fingerprint density at radius 1 is 1.33 bits per heavy atom. The van der Waals surface area contributed by atoms with Crippen LogP contribution in [0.15, 0.2) is 24.3 Å². The summed E-state index contributed by atoms with van der Waals surface area (Å²) in [6, 6.07) is 7.62. The molecule has 1 aliphatic rings. The van der Waals surface area contributed by atoms with Gasteiger partial charge in [-0.05, 0) is 62.0 Å². The lowest BCUT2D eigenvalue weighted by Crippen LogP contribution is -2.21. The lowest BCUT2D eigenvalue weighted by Gasteiger charge is -2.18. The molecule has 1 aromatic carbocycles. The third kappa shape index (κ3) is 4.42. The van der Waals surface area contributed by atoms with Crippen molar-refractivity contribution in [2.45, 2.75) is 33.1 Å². The van der Waals surface area contributed by atoms with E-state index in [1.165, 1.54) is 12.0 Å². The SMILES string of the molecule is CCOc1ccccc1NC(=S)Nc1sc2c(c1C(=O)OC)CCC(C)C2. The molecule has 0 fully saturated rings. The van der Waals surface area contributed by atoms with Crippen LogP contribution < -0.4 is 15.4 Å². The van der Waals surface area contributed by atoms with Crippen molar-refractivity contribution < 1.29 is 14.3 Å². The van der Waals surface area contributed by atoms with Gasteiger partial charge in [0.25, 0.3) is 0 Å². The Morgan fingerprint density at radius 2 is 2.11 bits per heavy atom. The number of ether oxygens (including phenoxy) is 2. The van der Waals surface area contributed by atoms with E-state index >= 15 is 0 Å². The van der Waals surface area contributed by atoms with Gasteiger partial charge in [-0.15, -0.1) is 11.3 Å². The fraction of sp³-hybridized carbons (Fsp3) is 0.400. The zero-order valence-electron chi connectivity index (χ0n) is 15.8. The normalized spacial score (nSPS) is 15.6. The Labute approximate surface area is 169 Å². The van der Waals surface area contributed by atoms with E-state index in [1.807, 2.05) is 31.2 Å². The average Bonchev–Trinajstić information content (AvgIpc) is 2.99. The van der Waals surface area contributed by atoms with Crippen molar-refractivity contribution in [3.8, 4) is 5.75 Å². The molecule has 0 bridgehead atoms. The van der Waals surface area contributed by atoms with Crippen molar-refractivity contribution in [3.63, 3.8) is 0 Å². The Bertz CT molecular complexity index is 848. The van der Waals surface area contributed by atoms with Gasteiger partial charge in [-0.3, -0.25) is 0 Å². The number of nitrogens with one attached hydrogen (secondary N) is 2. The van der Waals surface area contributed by atoms with Gasteiger partial charge in [0.15, 0.2) is 5.11 Å². The molecular formula is C20H24N2O3S2. The van der Waals surface area contributed by atoms with Gasteiger partial charge >= 0.3 is 5.97 Å². The molecular weight excluding hydrogens is 380 g/mol. The van der Waals surface area contributed by atoms with Crippen LogP contribution in [0.5, 0.6) is 5.75 Å². The molecule has 0 spiro atoms. The molecule has 0 saturated carbocycles. The second-order valence-corrected chi connectivity index (χ2v) is 8.07. The second-order valence-electron chi connectivity index (χ2n) is 6.56. The van der Waals surface area contributed by atoms with Crippen LogP contribution >= 0.6 is 23.6 Å². The molecule has 0 saturated heterocycles. The first-order chi connectivity index (χ1) is 13.0. The summed E-state index contributed by atoms with van der Waals surface area (Å²) in [6.45, 7) is 4.75. The maximum atomic E-state index is 12.4. The van der Waals surface area contributed by atoms with E-state index in [9.17, 15) is 4.79 Å². The van der Waals surface area contributed by atoms with E-state index in [4.69, 9.17) is 21.7 Å². The zero-order valence-corrected chi connectivity index (χ0v) is 17.4. The summed E-state index contributed by atoms with van der Waals surface area (Å²) in [5, 5.41) is 7.52. The molecule has 1 unspecified atom stereocenters. The van der Waals surface area contributed by atoms with Crippen molar-refractivity contribution in [1.82, 2.24) is 0 Å². The summed E-state index contributed by atoms with van der Waals surface area (Å²) in [7, 11) is 1.41. The number of thiophene rings is 1. The highest BCUT2D eigenvalue weighted by Gasteiger charge is 2.28. The fourth-order valence-corrected chi connectivity index (χ4v) is 4.94. The summed E-state index contributed by atoms with van der Waals surface area (Å²) >= 11 is 7.08. The van der Waals surface area contributed by atoms with Crippen LogP contribution in [0, 0.1) is 5.92 Å². The average molecular weight is 405 g/mol. The van der Waals surface area contributed by atoms with Crippen molar-refractivity contribution in [2.75, 3.05) is 24.4 Å². The van der Waals surface area contributed by atoms with E-state index in [1.54, 1.807) is 11.3 Å². The van der Waals surface area contributed by atoms with Crippen molar-refractivity contribution in [3.05, 3.63) is 40.3 Å². The summed E-state index contributed by atoms with van der Waals surface area (Å²) in [5.74, 6) is 1.04. The zero-order chi connectivity index (χ0) is 19.4. The second kappa shape index (κ2) is 8.71. The molecule has 144 valence electrons.